The summed E-state index contributed by atoms with van der Waals surface area (Å²) < 4.78 is 22.0. The van der Waals surface area contributed by atoms with Crippen LogP contribution in [0.4, 0.5) is 4.79 Å². The monoisotopic (exact) mass is 405 g/mol. The molecule has 4 atom stereocenters. The van der Waals surface area contributed by atoms with E-state index in [-0.39, 0.29) is 18.8 Å². The van der Waals surface area contributed by atoms with Crippen molar-refractivity contribution < 1.29 is 28.8 Å². The zero-order valence-electron chi connectivity index (χ0n) is 17.7. The molecule has 1 N–H and O–H groups in total. The van der Waals surface area contributed by atoms with Gasteiger partial charge >= 0.3 is 6.16 Å². The molecule has 1 aromatic carbocycles. The molecule has 1 saturated carbocycles. The summed E-state index contributed by atoms with van der Waals surface area (Å²) >= 11 is 0. The molecule has 0 radical (unpaired) electrons. The predicted octanol–water partition coefficient (Wildman–Crippen LogP) is 2.66. The molecule has 1 heterocycles. The summed E-state index contributed by atoms with van der Waals surface area (Å²) in [7, 11) is 5.35. The molecule has 0 unspecified atom stereocenters. The molecule has 0 spiro atoms. The number of hydrogen-bond donors (Lipinski definition) is 1. The van der Waals surface area contributed by atoms with Gasteiger partial charge in [0.05, 0.1) is 26.4 Å². The Morgan fingerprint density at radius 1 is 1.28 bits per heavy atom. The molecular weight excluding hydrogens is 374 g/mol. The highest BCUT2D eigenvalue weighted by atomic mass is 16.7. The van der Waals surface area contributed by atoms with Crippen LogP contribution in [0.5, 0.6) is 11.5 Å². The molecule has 1 aromatic rings. The number of likely N-dealkylation sites (N-methyl/N-ethyl adjacent to an activating group) is 1. The number of rotatable bonds is 4. The average Bonchev–Trinajstić information content (AvgIpc) is 2.70. The van der Waals surface area contributed by atoms with Crippen LogP contribution in [0.15, 0.2) is 12.1 Å². The fourth-order valence-electron chi connectivity index (χ4n) is 6.01. The van der Waals surface area contributed by atoms with Gasteiger partial charge in [-0.25, -0.2) is 4.79 Å². The van der Waals surface area contributed by atoms with Crippen LogP contribution in [0.25, 0.3) is 0 Å². The van der Waals surface area contributed by atoms with Crippen molar-refractivity contribution >= 4 is 6.16 Å². The first-order chi connectivity index (χ1) is 13.9. The third-order valence-corrected chi connectivity index (χ3v) is 7.28. The van der Waals surface area contributed by atoms with Gasteiger partial charge in [-0.1, -0.05) is 6.07 Å². The smallest absolute Gasteiger partial charge is 0.493 e. The first kappa shape index (κ1) is 20.3. The standard InChI is InChI=1S/C22H31NO6/c1-5-28-20(24)29-15-8-9-22(25)17-12-14-6-7-16(26-3)19(27-4)18(14)21(22,13-15)10-11-23(17)2/h6-7,15,17,25H,5,8-13H2,1-4H3/t15-,17+,21+,22-/m1/s1. The second-order valence-electron chi connectivity index (χ2n) is 8.46. The Morgan fingerprint density at radius 2 is 2.07 bits per heavy atom. The van der Waals surface area contributed by atoms with E-state index in [1.807, 2.05) is 6.07 Å². The maximum Gasteiger partial charge on any atom is 0.508 e. The number of benzene rings is 1. The van der Waals surface area contributed by atoms with Crippen LogP contribution in [0.1, 0.15) is 43.7 Å². The third-order valence-electron chi connectivity index (χ3n) is 7.28. The van der Waals surface area contributed by atoms with Gasteiger partial charge < -0.3 is 29.0 Å². The summed E-state index contributed by atoms with van der Waals surface area (Å²) in [5.41, 5.74) is 0.706. The Morgan fingerprint density at radius 3 is 2.76 bits per heavy atom. The lowest BCUT2D eigenvalue weighted by Crippen LogP contribution is -2.73. The SMILES string of the molecule is CCOC(=O)O[C@@H]1CC[C@@]2(O)[C@@H]3Cc4ccc(OC)c(OC)c4[C@]2(CCN3C)C1. The quantitative estimate of drug-likeness (QED) is 0.772. The summed E-state index contributed by atoms with van der Waals surface area (Å²) in [6, 6.07) is 4.04. The minimum atomic E-state index is -0.916. The topological polar surface area (TPSA) is 77.5 Å². The number of ether oxygens (including phenoxy) is 4. The molecule has 2 bridgehead atoms. The van der Waals surface area contributed by atoms with E-state index in [1.165, 1.54) is 5.56 Å². The first-order valence-corrected chi connectivity index (χ1v) is 10.4. The number of aliphatic hydroxyl groups is 1. The van der Waals surface area contributed by atoms with E-state index in [0.717, 1.165) is 24.9 Å². The van der Waals surface area contributed by atoms with Gasteiger partial charge in [0.1, 0.15) is 6.10 Å². The van der Waals surface area contributed by atoms with Crippen LogP contribution >= 0.6 is 0 Å². The van der Waals surface area contributed by atoms with Gasteiger partial charge in [0.15, 0.2) is 11.5 Å². The maximum absolute atomic E-state index is 12.1. The van der Waals surface area contributed by atoms with Crippen molar-refractivity contribution in [1.82, 2.24) is 4.90 Å². The molecule has 3 aliphatic rings. The van der Waals surface area contributed by atoms with Crippen molar-refractivity contribution in [3.05, 3.63) is 23.3 Å². The number of methoxy groups -OCH3 is 2. The van der Waals surface area contributed by atoms with Gasteiger partial charge in [-0.3, -0.25) is 0 Å². The molecule has 0 amide bonds. The van der Waals surface area contributed by atoms with E-state index in [0.29, 0.717) is 30.8 Å². The third kappa shape index (κ3) is 2.89. The average molecular weight is 405 g/mol. The van der Waals surface area contributed by atoms with Crippen LogP contribution in [0.2, 0.25) is 0 Å². The molecule has 29 heavy (non-hydrogen) atoms. The zero-order chi connectivity index (χ0) is 20.8. The minimum Gasteiger partial charge on any atom is -0.493 e. The number of hydrogen-bond acceptors (Lipinski definition) is 7. The minimum absolute atomic E-state index is 0.0189. The summed E-state index contributed by atoms with van der Waals surface area (Å²) in [5, 5.41) is 12.1. The van der Waals surface area contributed by atoms with E-state index in [1.54, 1.807) is 21.1 Å². The van der Waals surface area contributed by atoms with Crippen molar-refractivity contribution in [3.63, 3.8) is 0 Å². The van der Waals surface area contributed by atoms with Crippen LogP contribution in [-0.2, 0) is 21.3 Å². The number of carbonyl (C=O) groups excluding carboxylic acids is 1. The van der Waals surface area contributed by atoms with Gasteiger partial charge in [0, 0.05) is 17.0 Å². The van der Waals surface area contributed by atoms with Gasteiger partial charge in [-0.2, -0.15) is 0 Å². The van der Waals surface area contributed by atoms with Crippen LogP contribution in [-0.4, -0.2) is 68.3 Å². The van der Waals surface area contributed by atoms with Crippen LogP contribution in [0.3, 0.4) is 0 Å². The Balaban J connectivity index is 1.83. The van der Waals surface area contributed by atoms with Crippen molar-refractivity contribution in [2.75, 3.05) is 34.4 Å². The lowest BCUT2D eigenvalue weighted by molar-refractivity contribution is -0.179. The van der Waals surface area contributed by atoms with E-state index in [4.69, 9.17) is 18.9 Å². The molecular formula is C22H31NO6. The molecule has 2 aliphatic carbocycles. The fourth-order valence-corrected chi connectivity index (χ4v) is 6.01. The summed E-state index contributed by atoms with van der Waals surface area (Å²) in [6.07, 6.45) is 2.29. The Bertz CT molecular complexity index is 798. The van der Waals surface area contributed by atoms with Gasteiger partial charge in [0.2, 0.25) is 0 Å². The highest BCUT2D eigenvalue weighted by molar-refractivity contribution is 5.61. The zero-order valence-corrected chi connectivity index (χ0v) is 17.7. The lowest BCUT2D eigenvalue weighted by Gasteiger charge is -2.64. The second kappa shape index (κ2) is 7.36. The molecule has 160 valence electrons. The van der Waals surface area contributed by atoms with Gasteiger partial charge in [0.25, 0.3) is 0 Å². The van der Waals surface area contributed by atoms with Crippen LogP contribution < -0.4 is 9.47 Å². The number of fused-ring (bicyclic) bond motifs is 1. The molecule has 2 fully saturated rings. The van der Waals surface area contributed by atoms with Crippen molar-refractivity contribution in [1.29, 1.82) is 0 Å². The van der Waals surface area contributed by atoms with Crippen molar-refractivity contribution in [2.24, 2.45) is 0 Å². The van der Waals surface area contributed by atoms with E-state index in [2.05, 4.69) is 18.0 Å². The predicted molar refractivity (Wildman–Crippen MR) is 107 cm³/mol. The largest absolute Gasteiger partial charge is 0.508 e. The summed E-state index contributed by atoms with van der Waals surface area (Å²) in [5.74, 6) is 1.34. The van der Waals surface area contributed by atoms with Gasteiger partial charge in [-0.05, 0) is 64.3 Å². The molecule has 1 saturated heterocycles. The number of likely N-dealkylation sites (tertiary alicyclic amines) is 1. The summed E-state index contributed by atoms with van der Waals surface area (Å²) in [6.45, 7) is 2.90. The molecule has 0 aromatic heterocycles. The van der Waals surface area contributed by atoms with E-state index < -0.39 is 17.2 Å². The lowest BCUT2D eigenvalue weighted by atomic mass is 9.49. The normalized spacial score (nSPS) is 33.3. The second-order valence-corrected chi connectivity index (χ2v) is 8.46. The number of nitrogens with zero attached hydrogens (tertiary/aromatic N) is 1. The number of carbonyl (C=O) groups is 1. The fraction of sp³-hybridized carbons (Fsp3) is 0.682. The highest BCUT2D eigenvalue weighted by Gasteiger charge is 2.65. The molecule has 7 nitrogen and oxygen atoms in total. The van der Waals surface area contributed by atoms with Gasteiger partial charge in [-0.15, -0.1) is 0 Å². The van der Waals surface area contributed by atoms with Crippen molar-refractivity contribution in [2.45, 2.75) is 62.2 Å². The highest BCUT2D eigenvalue weighted by Crippen LogP contribution is 2.61. The first-order valence-electron chi connectivity index (χ1n) is 10.4. The molecule has 1 aliphatic heterocycles. The molecule has 4 rings (SSSR count). The maximum atomic E-state index is 12.1. The number of piperidine rings is 1. The molecule has 7 heteroatoms. The van der Waals surface area contributed by atoms with E-state index in [9.17, 15) is 9.90 Å². The summed E-state index contributed by atoms with van der Waals surface area (Å²) in [4.78, 5) is 14.3. The van der Waals surface area contributed by atoms with E-state index >= 15 is 0 Å². The van der Waals surface area contributed by atoms with Crippen molar-refractivity contribution in [3.8, 4) is 11.5 Å². The Labute approximate surface area is 171 Å². The van der Waals surface area contributed by atoms with Crippen LogP contribution in [0, 0.1) is 0 Å². The Hall–Kier alpha value is -1.99. The Kier molecular flexibility index (Phi) is 5.15.